The fraction of sp³-hybridized carbons (Fsp3) is 0.929. The number of hydrogen-bond donors (Lipinski definition) is 0. The Kier molecular flexibility index (Phi) is 78.7. The number of carboxylic acids is 4. The van der Waals surface area contributed by atoms with Crippen molar-refractivity contribution in [1.82, 2.24) is 0 Å². The van der Waals surface area contributed by atoms with Crippen LogP contribution in [-0.2, 0) is 19.2 Å². The third-order valence-corrected chi connectivity index (χ3v) is 11.9. The normalized spacial score (nSPS) is 10.4. The molecule has 0 rings (SSSR count). The first-order chi connectivity index (χ1) is 31.1. The number of unbranched alkanes of at least 4 members (excludes halogenated alkanes) is 40. The molecule has 0 aliphatic heterocycles. The van der Waals surface area contributed by atoms with Gasteiger partial charge in [-0.2, -0.15) is 0 Å². The van der Waals surface area contributed by atoms with E-state index in [1.807, 2.05) is 0 Å². The first-order valence-electron chi connectivity index (χ1n) is 27.9. The van der Waals surface area contributed by atoms with E-state index in [4.69, 9.17) is 0 Å². The minimum absolute atomic E-state index is 0. The van der Waals surface area contributed by atoms with Gasteiger partial charge in [0.1, 0.15) is 0 Å². The van der Waals surface area contributed by atoms with Crippen molar-refractivity contribution in [3.05, 3.63) is 0 Å². The third kappa shape index (κ3) is 90.3. The topological polar surface area (TPSA) is 161 Å². The van der Waals surface area contributed by atoms with Crippen LogP contribution in [0.15, 0.2) is 0 Å². The molecule has 0 amide bonds. The molecule has 0 aromatic rings. The average Bonchev–Trinajstić information content (AvgIpc) is 3.26. The van der Waals surface area contributed by atoms with Gasteiger partial charge < -0.3 is 39.6 Å². The number of carboxylic acid groups (broad SMARTS) is 4. The number of rotatable bonds is 48. The summed E-state index contributed by atoms with van der Waals surface area (Å²) in [5.74, 6) is -3.63. The van der Waals surface area contributed by atoms with Gasteiger partial charge in [-0.25, -0.2) is 0 Å². The van der Waals surface area contributed by atoms with Crippen molar-refractivity contribution < 1.29 is 81.4 Å². The molecule has 0 saturated heterocycles. The van der Waals surface area contributed by atoms with Gasteiger partial charge in [-0.1, -0.05) is 285 Å². The summed E-state index contributed by atoms with van der Waals surface area (Å²) in [7, 11) is 0. The smallest absolute Gasteiger partial charge is 0.550 e. The molecule has 0 bridgehead atoms. The van der Waals surface area contributed by atoms with E-state index in [0.717, 1.165) is 51.4 Å². The Bertz CT molecular complexity index is 771. The molecule has 0 unspecified atom stereocenters. The minimum atomic E-state index is -0.907. The van der Waals surface area contributed by atoms with Crippen LogP contribution in [0.1, 0.15) is 336 Å². The maximum Gasteiger partial charge on any atom is 4.00 e. The molecular formula is C56H108CeO8. The summed E-state index contributed by atoms with van der Waals surface area (Å²) in [4.78, 5) is 40.6. The Morgan fingerprint density at radius 2 is 0.292 bits per heavy atom. The van der Waals surface area contributed by atoms with Crippen LogP contribution in [0.2, 0.25) is 0 Å². The van der Waals surface area contributed by atoms with Crippen molar-refractivity contribution in [3.8, 4) is 0 Å². The second-order valence-electron chi connectivity index (χ2n) is 18.6. The van der Waals surface area contributed by atoms with Gasteiger partial charge in [-0.15, -0.1) is 0 Å². The van der Waals surface area contributed by atoms with Gasteiger partial charge in [0, 0.05) is 23.9 Å². The fourth-order valence-electron chi connectivity index (χ4n) is 7.73. The zero-order valence-corrected chi connectivity index (χ0v) is 46.8. The maximum absolute atomic E-state index is 10.1. The Morgan fingerprint density at radius 3 is 0.385 bits per heavy atom. The van der Waals surface area contributed by atoms with E-state index >= 15 is 0 Å². The van der Waals surface area contributed by atoms with E-state index < -0.39 is 23.9 Å². The first-order valence-corrected chi connectivity index (χ1v) is 27.9. The second kappa shape index (κ2) is 69.8. The van der Waals surface area contributed by atoms with Gasteiger partial charge in [0.05, 0.1) is 0 Å². The predicted octanol–water partition coefficient (Wildman–Crippen LogP) is 13.7. The van der Waals surface area contributed by atoms with Crippen LogP contribution in [0.4, 0.5) is 0 Å². The molecule has 0 aliphatic rings. The summed E-state index contributed by atoms with van der Waals surface area (Å²) < 4.78 is 0. The average molecular weight is 1050 g/mol. The van der Waals surface area contributed by atoms with E-state index in [9.17, 15) is 39.6 Å². The van der Waals surface area contributed by atoms with Crippen LogP contribution < -0.4 is 20.4 Å². The van der Waals surface area contributed by atoms with Gasteiger partial charge in [0.25, 0.3) is 0 Å². The summed E-state index contributed by atoms with van der Waals surface area (Å²) in [6, 6.07) is 0. The molecule has 8 nitrogen and oxygen atoms in total. The van der Waals surface area contributed by atoms with Gasteiger partial charge in [-0.05, 0) is 51.4 Å². The summed E-state index contributed by atoms with van der Waals surface area (Å²) in [5.41, 5.74) is 0. The van der Waals surface area contributed by atoms with Gasteiger partial charge >= 0.3 is 41.7 Å². The Hall–Kier alpha value is -0.743. The van der Waals surface area contributed by atoms with Crippen LogP contribution in [0, 0.1) is 41.7 Å². The van der Waals surface area contributed by atoms with Crippen molar-refractivity contribution in [2.45, 2.75) is 336 Å². The number of hydrogen-bond acceptors (Lipinski definition) is 8. The Balaban J connectivity index is -0.000000245. The molecule has 0 N–H and O–H groups in total. The van der Waals surface area contributed by atoms with Crippen LogP contribution in [0.3, 0.4) is 0 Å². The monoisotopic (exact) mass is 1050 g/mol. The summed E-state index contributed by atoms with van der Waals surface area (Å²) >= 11 is 0. The number of aliphatic carboxylic acids is 4. The zero-order chi connectivity index (χ0) is 48.3. The Labute approximate surface area is 438 Å². The Morgan fingerprint density at radius 1 is 0.200 bits per heavy atom. The van der Waals surface area contributed by atoms with Gasteiger partial charge in [-0.3, -0.25) is 0 Å². The molecule has 384 valence electrons. The van der Waals surface area contributed by atoms with Gasteiger partial charge in [0.15, 0.2) is 0 Å². The first kappa shape index (κ1) is 73.2. The van der Waals surface area contributed by atoms with Crippen molar-refractivity contribution in [1.29, 1.82) is 0 Å². The van der Waals surface area contributed by atoms with Crippen LogP contribution >= 0.6 is 0 Å². The summed E-state index contributed by atoms with van der Waals surface area (Å²) in [6.07, 6.45) is 56.1. The largest absolute Gasteiger partial charge is 4.00 e. The van der Waals surface area contributed by atoms with E-state index in [1.165, 1.54) is 231 Å². The molecule has 65 heavy (non-hydrogen) atoms. The van der Waals surface area contributed by atoms with Crippen molar-refractivity contribution in [3.63, 3.8) is 0 Å². The quantitative estimate of drug-likeness (QED) is 0.0544. The van der Waals surface area contributed by atoms with E-state index in [-0.39, 0.29) is 67.4 Å². The molecule has 9 heteroatoms. The number of carbonyl (C=O) groups excluding carboxylic acids is 4. The fourth-order valence-corrected chi connectivity index (χ4v) is 7.73. The molecule has 0 aliphatic carbocycles. The standard InChI is InChI=1S/4C14H28O2.Ce/c4*1-2-3-4-5-6-7-8-9-10-11-12-13-14(15)16;/h4*2-13H2,1H3,(H,15,16);/q;;;;+4/p-4. The maximum atomic E-state index is 10.1. The van der Waals surface area contributed by atoms with Crippen LogP contribution in [0.5, 0.6) is 0 Å². The minimum Gasteiger partial charge on any atom is -0.550 e. The summed E-state index contributed by atoms with van der Waals surface area (Å²) in [5, 5.41) is 40.6. The molecule has 0 spiro atoms. The van der Waals surface area contributed by atoms with Crippen molar-refractivity contribution in [2.24, 2.45) is 0 Å². The van der Waals surface area contributed by atoms with Crippen LogP contribution in [0.25, 0.3) is 0 Å². The third-order valence-electron chi connectivity index (χ3n) is 11.9. The molecule has 0 fully saturated rings. The SMILES string of the molecule is CCCCCCCCCCCCCC(=O)[O-].CCCCCCCCCCCCCC(=O)[O-].CCCCCCCCCCCCCC(=O)[O-].CCCCCCCCCCCCCC(=O)[O-].[Ce+4]. The molecule has 0 heterocycles. The zero-order valence-electron chi connectivity index (χ0n) is 43.7. The van der Waals surface area contributed by atoms with E-state index in [0.29, 0.717) is 0 Å². The second-order valence-corrected chi connectivity index (χ2v) is 18.6. The molecular weight excluding hydrogens is 941 g/mol. The van der Waals surface area contributed by atoms with E-state index in [1.54, 1.807) is 0 Å². The van der Waals surface area contributed by atoms with Gasteiger partial charge in [0.2, 0.25) is 0 Å². The molecule has 0 atom stereocenters. The predicted molar refractivity (Wildman–Crippen MR) is 264 cm³/mol. The van der Waals surface area contributed by atoms with E-state index in [2.05, 4.69) is 27.7 Å². The number of carbonyl (C=O) groups is 4. The summed E-state index contributed by atoms with van der Waals surface area (Å²) in [6.45, 7) is 8.97. The van der Waals surface area contributed by atoms with Crippen molar-refractivity contribution in [2.75, 3.05) is 0 Å². The molecule has 0 saturated carbocycles. The molecule has 0 radical (unpaired) electrons. The van der Waals surface area contributed by atoms with Crippen LogP contribution in [-0.4, -0.2) is 23.9 Å². The molecule has 0 aromatic heterocycles. The molecule has 0 aromatic carbocycles. The van der Waals surface area contributed by atoms with Crippen molar-refractivity contribution >= 4 is 23.9 Å².